The molecule has 0 saturated carbocycles. The first-order chi connectivity index (χ1) is 16.1. The molecule has 33 heavy (non-hydrogen) atoms. The van der Waals surface area contributed by atoms with E-state index in [0.717, 1.165) is 65.1 Å². The molecule has 0 aliphatic heterocycles. The topological polar surface area (TPSA) is 95.3 Å². The van der Waals surface area contributed by atoms with E-state index in [4.69, 9.17) is 15.3 Å². The molecule has 2 aromatic carbocycles. The summed E-state index contributed by atoms with van der Waals surface area (Å²) in [5, 5.41) is 19.0. The van der Waals surface area contributed by atoms with Crippen molar-refractivity contribution in [3.05, 3.63) is 66.4 Å². The lowest BCUT2D eigenvalue weighted by Crippen LogP contribution is -2.28. The van der Waals surface area contributed by atoms with Crippen molar-refractivity contribution in [3.63, 3.8) is 0 Å². The molecular weight excluding hydrogens is 416 g/mol. The molecule has 2 aromatic heterocycles. The lowest BCUT2D eigenvalue weighted by atomic mass is 10.1. The Morgan fingerprint density at radius 2 is 1.91 bits per heavy atom. The van der Waals surface area contributed by atoms with Crippen molar-refractivity contribution in [2.75, 3.05) is 31.5 Å². The van der Waals surface area contributed by atoms with Crippen LogP contribution in [0.3, 0.4) is 0 Å². The van der Waals surface area contributed by atoms with Crippen molar-refractivity contribution in [2.24, 2.45) is 0 Å². The maximum Gasteiger partial charge on any atom is 0.267 e. The van der Waals surface area contributed by atoms with Crippen LogP contribution in [0.25, 0.3) is 33.6 Å². The van der Waals surface area contributed by atoms with Gasteiger partial charge in [0.2, 0.25) is 0 Å². The minimum atomic E-state index is -0.581. The molecule has 4 rings (SSSR count). The third-order valence-electron chi connectivity index (χ3n) is 5.65. The zero-order valence-corrected chi connectivity index (χ0v) is 18.8. The monoisotopic (exact) mass is 444 g/mol. The van der Waals surface area contributed by atoms with Crippen LogP contribution in [0.15, 0.2) is 60.8 Å². The minimum Gasteiger partial charge on any atom is -0.367 e. The molecule has 8 heteroatoms. The summed E-state index contributed by atoms with van der Waals surface area (Å²) in [6.07, 6.45) is 4.94. The second kappa shape index (κ2) is 10.2. The summed E-state index contributed by atoms with van der Waals surface area (Å²) in [4.78, 5) is 18.6. The van der Waals surface area contributed by atoms with Crippen LogP contribution in [0, 0.1) is 0 Å². The number of nitrogens with one attached hydrogen (secondary N) is 2. The first-order valence-corrected chi connectivity index (χ1v) is 11.1. The van der Waals surface area contributed by atoms with E-state index in [-0.39, 0.29) is 0 Å². The van der Waals surface area contributed by atoms with Crippen LogP contribution < -0.4 is 10.8 Å². The molecule has 8 nitrogen and oxygen atoms in total. The van der Waals surface area contributed by atoms with Crippen molar-refractivity contribution in [2.45, 2.75) is 13.8 Å². The average molecular weight is 445 g/mol. The van der Waals surface area contributed by atoms with Crippen molar-refractivity contribution < 1.29 is 10.0 Å². The van der Waals surface area contributed by atoms with Gasteiger partial charge in [0, 0.05) is 36.1 Å². The lowest BCUT2D eigenvalue weighted by Gasteiger charge is -2.18. The molecular formula is C25H28N6O2. The van der Waals surface area contributed by atoms with Gasteiger partial charge in [0.05, 0.1) is 11.2 Å². The van der Waals surface area contributed by atoms with Gasteiger partial charge in [-0.3, -0.25) is 10.0 Å². The van der Waals surface area contributed by atoms with Crippen molar-refractivity contribution in [1.82, 2.24) is 25.1 Å². The van der Waals surface area contributed by atoms with Gasteiger partial charge in [-0.25, -0.2) is 15.1 Å². The molecule has 0 atom stereocenters. The van der Waals surface area contributed by atoms with Gasteiger partial charge in [-0.15, -0.1) is 0 Å². The van der Waals surface area contributed by atoms with Gasteiger partial charge in [-0.1, -0.05) is 38.1 Å². The molecule has 0 aliphatic rings. The molecule has 4 aromatic rings. The highest BCUT2D eigenvalue weighted by Crippen LogP contribution is 2.30. The predicted octanol–water partition coefficient (Wildman–Crippen LogP) is 3.85. The Labute approximate surface area is 192 Å². The summed E-state index contributed by atoms with van der Waals surface area (Å²) in [5.74, 6) is 0.172. The molecule has 1 amide bonds. The van der Waals surface area contributed by atoms with E-state index in [9.17, 15) is 4.79 Å². The summed E-state index contributed by atoms with van der Waals surface area (Å²) in [6, 6.07) is 15.8. The minimum absolute atomic E-state index is 0.581. The number of para-hydroxylation sites is 1. The van der Waals surface area contributed by atoms with Gasteiger partial charge >= 0.3 is 0 Å². The van der Waals surface area contributed by atoms with Gasteiger partial charge in [0.15, 0.2) is 5.82 Å². The number of carbonyl (C=O) groups excluding carboxylic acids is 1. The quantitative estimate of drug-likeness (QED) is 0.206. The van der Waals surface area contributed by atoms with E-state index >= 15 is 0 Å². The van der Waals surface area contributed by atoms with Crippen LogP contribution in [-0.4, -0.2) is 57.0 Å². The number of amides is 1. The van der Waals surface area contributed by atoms with E-state index in [1.165, 1.54) is 6.08 Å². The number of rotatable bonds is 9. The van der Waals surface area contributed by atoms with Gasteiger partial charge in [-0.05, 0) is 49.0 Å². The second-order valence-electron chi connectivity index (χ2n) is 7.67. The molecule has 0 saturated heterocycles. The Morgan fingerprint density at radius 3 is 2.64 bits per heavy atom. The number of pyridine rings is 1. The molecule has 2 heterocycles. The summed E-state index contributed by atoms with van der Waals surface area (Å²) in [6.45, 7) is 8.02. The highest BCUT2D eigenvalue weighted by Gasteiger charge is 2.14. The smallest absolute Gasteiger partial charge is 0.267 e. The van der Waals surface area contributed by atoms with Crippen molar-refractivity contribution in [3.8, 4) is 5.69 Å². The molecule has 3 N–H and O–H groups in total. The number of fused-ring (bicyclic) bond motifs is 3. The fourth-order valence-electron chi connectivity index (χ4n) is 3.81. The largest absolute Gasteiger partial charge is 0.367 e. The summed E-state index contributed by atoms with van der Waals surface area (Å²) < 4.78 is 1.86. The third-order valence-corrected chi connectivity index (χ3v) is 5.65. The summed E-state index contributed by atoms with van der Waals surface area (Å²) >= 11 is 0. The van der Waals surface area contributed by atoms with Crippen LogP contribution in [0.2, 0.25) is 0 Å². The van der Waals surface area contributed by atoms with Crippen LogP contribution in [0.4, 0.5) is 5.82 Å². The average Bonchev–Trinajstić information content (AvgIpc) is 3.32. The van der Waals surface area contributed by atoms with Crippen LogP contribution in [0.1, 0.15) is 19.4 Å². The molecule has 170 valence electrons. The van der Waals surface area contributed by atoms with Gasteiger partial charge < -0.3 is 10.2 Å². The zero-order valence-electron chi connectivity index (χ0n) is 18.8. The Balaban J connectivity index is 1.78. The number of nitrogens with zero attached hydrogens (tertiary/aromatic N) is 4. The van der Waals surface area contributed by atoms with E-state index in [0.29, 0.717) is 0 Å². The molecule has 0 unspecified atom stereocenters. The van der Waals surface area contributed by atoms with Crippen molar-refractivity contribution in [1.29, 1.82) is 0 Å². The van der Waals surface area contributed by atoms with Crippen molar-refractivity contribution >= 4 is 39.6 Å². The standard InChI is InChI=1S/C25H28N6O2/c1-3-30(4-2)15-14-26-25-24-21(17-31(28-24)19-8-6-5-7-9-19)20-16-18(10-12-22(20)27-25)11-13-23(32)29-33/h5-13,16-17,33H,3-4,14-15H2,1-2H3,(H,26,27)(H,29,32)/b13-11+. The number of aromatic nitrogens is 3. The lowest BCUT2D eigenvalue weighted by molar-refractivity contribution is -0.124. The number of likely N-dealkylation sites (N-methyl/N-ethyl adjacent to an activating group) is 1. The first kappa shape index (κ1) is 22.4. The number of hydrogen-bond acceptors (Lipinski definition) is 6. The van der Waals surface area contributed by atoms with E-state index in [1.807, 2.05) is 59.4 Å². The van der Waals surface area contributed by atoms with Gasteiger partial charge in [-0.2, -0.15) is 5.10 Å². The number of hydrogen-bond donors (Lipinski definition) is 3. The second-order valence-corrected chi connectivity index (χ2v) is 7.67. The number of anilines is 1. The highest BCUT2D eigenvalue weighted by molar-refractivity contribution is 6.09. The van der Waals surface area contributed by atoms with Crippen LogP contribution in [0.5, 0.6) is 0 Å². The maximum atomic E-state index is 11.4. The van der Waals surface area contributed by atoms with Crippen LogP contribution in [-0.2, 0) is 4.79 Å². The Morgan fingerprint density at radius 1 is 1.12 bits per heavy atom. The van der Waals surface area contributed by atoms with Gasteiger partial charge in [0.25, 0.3) is 5.91 Å². The van der Waals surface area contributed by atoms with Gasteiger partial charge in [0.1, 0.15) is 5.52 Å². The third kappa shape index (κ3) is 5.02. The zero-order chi connectivity index (χ0) is 23.2. The molecule has 0 bridgehead atoms. The molecule has 0 fully saturated rings. The SMILES string of the molecule is CCN(CC)CCNc1nc2ccc(/C=C/C(=O)NO)cc2c2cn(-c3ccccc3)nc12. The predicted molar refractivity (Wildman–Crippen MR) is 132 cm³/mol. The summed E-state index contributed by atoms with van der Waals surface area (Å²) in [5.41, 5.74) is 5.02. The fraction of sp³-hybridized carbons (Fsp3) is 0.240. The highest BCUT2D eigenvalue weighted by atomic mass is 16.5. The molecule has 0 spiro atoms. The van der Waals surface area contributed by atoms with E-state index in [1.54, 1.807) is 11.6 Å². The normalized spacial score (nSPS) is 11.6. The number of carbonyl (C=O) groups is 1. The Hall–Kier alpha value is -3.75. The first-order valence-electron chi connectivity index (χ1n) is 11.1. The molecule has 0 aliphatic carbocycles. The summed E-state index contributed by atoms with van der Waals surface area (Å²) in [7, 11) is 0. The maximum absolute atomic E-state index is 11.4. The van der Waals surface area contributed by atoms with Crippen LogP contribution >= 0.6 is 0 Å². The molecule has 0 radical (unpaired) electrons. The number of hydroxylamine groups is 1. The Kier molecular flexibility index (Phi) is 6.97. The van der Waals surface area contributed by atoms with E-state index in [2.05, 4.69) is 24.1 Å². The Bertz CT molecular complexity index is 1280. The fourth-order valence-corrected chi connectivity index (χ4v) is 3.81. The number of benzene rings is 2. The van der Waals surface area contributed by atoms with E-state index < -0.39 is 5.91 Å².